The number of carbonyl (C=O) groups is 3. The summed E-state index contributed by atoms with van der Waals surface area (Å²) in [5, 5.41) is 5.89. The number of nitrogens with zero attached hydrogens (tertiary/aromatic N) is 2. The standard InChI is InChI=1S/C24H32BN5O5/c1-16(2)11-21(25-30(14-22(31)35-25)17(3)15-34-25)29-23(32)19(12-18-7-5-4-6-8-18)28-24(33)20-13-26-9-10-27-20/h4-10,13,16-17,19,21,30H,11-12,14-15H2,1-3H3,(H,28,33)(H,29,32)/t17-,19+,21+,25?/m1/s1. The van der Waals surface area contributed by atoms with E-state index in [1.165, 1.54) is 18.6 Å². The molecule has 11 heteroatoms. The zero-order valence-corrected chi connectivity index (χ0v) is 20.3. The monoisotopic (exact) mass is 481 g/mol. The quantitative estimate of drug-likeness (QED) is 0.420. The van der Waals surface area contributed by atoms with E-state index in [0.717, 1.165) is 10.4 Å². The number of nitrogens with one attached hydrogen (secondary N) is 3. The topological polar surface area (TPSA) is 124 Å². The number of hydrogen-bond acceptors (Lipinski definition) is 7. The van der Waals surface area contributed by atoms with Gasteiger partial charge in [-0.15, -0.1) is 0 Å². The lowest BCUT2D eigenvalue weighted by atomic mass is 9.59. The molecule has 5 atom stereocenters. The molecule has 0 spiro atoms. The second-order valence-electron chi connectivity index (χ2n) is 9.80. The smallest absolute Gasteiger partial charge is 0.548 e. The SMILES string of the molecule is CC(C)C[C@H](NC(=O)[C@H](Cc1ccccc1)NC(=O)c1cnccn1)[B-]12OC[C@@H](C)[NH+]1CC(=O)O2. The summed E-state index contributed by atoms with van der Waals surface area (Å²) in [7, 11) is 0. The number of aromatic nitrogens is 2. The summed E-state index contributed by atoms with van der Waals surface area (Å²) in [4.78, 5) is 47.7. The van der Waals surface area contributed by atoms with Crippen molar-refractivity contribution in [2.24, 2.45) is 5.92 Å². The Morgan fingerprint density at radius 3 is 2.66 bits per heavy atom. The molecule has 2 saturated heterocycles. The fourth-order valence-corrected chi connectivity index (χ4v) is 5.03. The van der Waals surface area contributed by atoms with Crippen LogP contribution in [0.2, 0.25) is 0 Å². The van der Waals surface area contributed by atoms with Gasteiger partial charge in [-0.2, -0.15) is 0 Å². The lowest BCUT2D eigenvalue weighted by molar-refractivity contribution is -0.807. The normalized spacial score (nSPS) is 25.0. The Hall–Kier alpha value is -3.31. The number of hydrogen-bond donors (Lipinski definition) is 3. The number of quaternary nitrogens is 1. The summed E-state index contributed by atoms with van der Waals surface area (Å²) in [6.45, 7) is 4.64. The van der Waals surface area contributed by atoms with Crippen LogP contribution in [0.25, 0.3) is 0 Å². The molecule has 0 aliphatic carbocycles. The van der Waals surface area contributed by atoms with Gasteiger partial charge < -0.3 is 24.8 Å². The maximum atomic E-state index is 13.7. The summed E-state index contributed by atoms with van der Waals surface area (Å²) >= 11 is 0. The van der Waals surface area contributed by atoms with E-state index in [1.807, 2.05) is 51.1 Å². The minimum atomic E-state index is -2.11. The number of benzene rings is 1. The minimum absolute atomic E-state index is 0.0736. The van der Waals surface area contributed by atoms with Crippen molar-refractivity contribution in [2.45, 2.75) is 51.6 Å². The van der Waals surface area contributed by atoms with Crippen LogP contribution in [-0.2, 0) is 25.3 Å². The number of amides is 2. The molecule has 2 amide bonds. The van der Waals surface area contributed by atoms with Gasteiger partial charge in [0.25, 0.3) is 5.91 Å². The molecule has 1 aromatic carbocycles. The van der Waals surface area contributed by atoms with E-state index in [4.69, 9.17) is 9.31 Å². The van der Waals surface area contributed by atoms with Crippen LogP contribution in [-0.4, -0.2) is 65.6 Å². The van der Waals surface area contributed by atoms with Gasteiger partial charge in [-0.1, -0.05) is 50.6 Å². The molecule has 10 nitrogen and oxygen atoms in total. The van der Waals surface area contributed by atoms with Crippen molar-refractivity contribution in [3.05, 3.63) is 60.2 Å². The summed E-state index contributed by atoms with van der Waals surface area (Å²) < 4.78 is 11.9. The fraction of sp³-hybridized carbons (Fsp3) is 0.458. The molecule has 2 aliphatic rings. The first kappa shape index (κ1) is 24.8. The highest BCUT2D eigenvalue weighted by Gasteiger charge is 2.62. The third-order valence-corrected chi connectivity index (χ3v) is 6.68. The first-order chi connectivity index (χ1) is 16.8. The third-order valence-electron chi connectivity index (χ3n) is 6.68. The van der Waals surface area contributed by atoms with Crippen LogP contribution >= 0.6 is 0 Å². The highest BCUT2D eigenvalue weighted by Crippen LogP contribution is 2.22. The summed E-state index contributed by atoms with van der Waals surface area (Å²) in [6, 6.07) is 8.64. The molecule has 2 unspecified atom stereocenters. The predicted octanol–water partition coefficient (Wildman–Crippen LogP) is -0.313. The van der Waals surface area contributed by atoms with E-state index >= 15 is 0 Å². The van der Waals surface area contributed by atoms with Crippen molar-refractivity contribution in [1.82, 2.24) is 20.6 Å². The van der Waals surface area contributed by atoms with Gasteiger partial charge >= 0.3 is 12.7 Å². The molecule has 2 fully saturated rings. The van der Waals surface area contributed by atoms with Crippen LogP contribution < -0.4 is 15.4 Å². The average molecular weight is 481 g/mol. The number of carbonyl (C=O) groups excluding carboxylic acids is 3. The van der Waals surface area contributed by atoms with Crippen LogP contribution in [0.3, 0.4) is 0 Å². The molecule has 2 aromatic rings. The second kappa shape index (κ2) is 10.5. The maximum absolute atomic E-state index is 13.7. The first-order valence-corrected chi connectivity index (χ1v) is 12.1. The van der Waals surface area contributed by atoms with Gasteiger partial charge in [-0.3, -0.25) is 19.4 Å². The van der Waals surface area contributed by atoms with Gasteiger partial charge in [0, 0.05) is 24.8 Å². The Morgan fingerprint density at radius 2 is 1.97 bits per heavy atom. The molecule has 35 heavy (non-hydrogen) atoms. The lowest BCUT2D eigenvalue weighted by Crippen LogP contribution is -3.24. The van der Waals surface area contributed by atoms with Gasteiger partial charge in [0.2, 0.25) is 5.91 Å². The Kier molecular flexibility index (Phi) is 7.46. The van der Waals surface area contributed by atoms with Crippen molar-refractivity contribution < 1.29 is 28.5 Å². The summed E-state index contributed by atoms with van der Waals surface area (Å²) in [5.74, 6) is -1.52. The van der Waals surface area contributed by atoms with E-state index in [1.54, 1.807) is 0 Å². The highest BCUT2D eigenvalue weighted by molar-refractivity contribution is 6.64. The number of fused-ring (bicyclic) bond motifs is 1. The fourth-order valence-electron chi connectivity index (χ4n) is 5.03. The van der Waals surface area contributed by atoms with E-state index in [-0.39, 0.29) is 42.5 Å². The second-order valence-corrected chi connectivity index (χ2v) is 9.80. The van der Waals surface area contributed by atoms with E-state index in [9.17, 15) is 14.4 Å². The molecular weight excluding hydrogens is 449 g/mol. The van der Waals surface area contributed by atoms with Crippen molar-refractivity contribution in [3.63, 3.8) is 0 Å². The molecule has 4 rings (SSSR count). The molecule has 1 aromatic heterocycles. The van der Waals surface area contributed by atoms with Gasteiger partial charge in [0.1, 0.15) is 18.3 Å². The molecular formula is C24H32BN5O5. The van der Waals surface area contributed by atoms with E-state index in [0.29, 0.717) is 13.0 Å². The molecule has 0 saturated carbocycles. The van der Waals surface area contributed by atoms with Crippen LogP contribution in [0.4, 0.5) is 0 Å². The Labute approximate surface area is 204 Å². The molecule has 0 bridgehead atoms. The zero-order chi connectivity index (χ0) is 25.0. The molecule has 2 aliphatic heterocycles. The van der Waals surface area contributed by atoms with E-state index in [2.05, 4.69) is 20.6 Å². The number of rotatable bonds is 9. The van der Waals surface area contributed by atoms with E-state index < -0.39 is 24.6 Å². The maximum Gasteiger partial charge on any atom is 0.548 e. The average Bonchev–Trinajstić information content (AvgIpc) is 3.34. The largest absolute Gasteiger partial charge is 0.610 e. The Bertz CT molecular complexity index is 1060. The van der Waals surface area contributed by atoms with Crippen LogP contribution in [0.1, 0.15) is 43.2 Å². The van der Waals surface area contributed by atoms with Crippen molar-refractivity contribution >= 4 is 24.5 Å². The van der Waals surface area contributed by atoms with Crippen molar-refractivity contribution in [1.29, 1.82) is 0 Å². The lowest BCUT2D eigenvalue weighted by Gasteiger charge is -2.40. The van der Waals surface area contributed by atoms with Gasteiger partial charge in [-0.05, 0) is 18.4 Å². The zero-order valence-electron chi connectivity index (χ0n) is 20.3. The molecule has 186 valence electrons. The Morgan fingerprint density at radius 1 is 1.20 bits per heavy atom. The van der Waals surface area contributed by atoms with Crippen LogP contribution in [0, 0.1) is 5.92 Å². The van der Waals surface area contributed by atoms with Crippen molar-refractivity contribution in [2.75, 3.05) is 13.2 Å². The van der Waals surface area contributed by atoms with Gasteiger partial charge in [-0.25, -0.2) is 4.98 Å². The molecule has 0 radical (unpaired) electrons. The third kappa shape index (κ3) is 5.52. The Balaban J connectivity index is 1.58. The van der Waals surface area contributed by atoms with Crippen LogP contribution in [0.15, 0.2) is 48.9 Å². The van der Waals surface area contributed by atoms with Crippen LogP contribution in [0.5, 0.6) is 0 Å². The minimum Gasteiger partial charge on any atom is -0.610 e. The molecule has 3 N–H and O–H groups in total. The van der Waals surface area contributed by atoms with Gasteiger partial charge in [0.15, 0.2) is 0 Å². The van der Waals surface area contributed by atoms with Crippen molar-refractivity contribution in [3.8, 4) is 0 Å². The highest BCUT2D eigenvalue weighted by atomic mass is 16.7. The first-order valence-electron chi connectivity index (χ1n) is 12.1. The summed E-state index contributed by atoms with van der Waals surface area (Å²) in [5.41, 5.74) is 1.01. The molecule has 3 heterocycles. The van der Waals surface area contributed by atoms with Gasteiger partial charge in [0.05, 0.1) is 18.8 Å². The summed E-state index contributed by atoms with van der Waals surface area (Å²) in [6.07, 6.45) is 5.09. The predicted molar refractivity (Wildman–Crippen MR) is 128 cm³/mol.